The molecule has 3 atom stereocenters. The first-order valence-electron chi connectivity index (χ1n) is 6.42. The minimum atomic E-state index is -1.08. The molecule has 1 amide bonds. The Morgan fingerprint density at radius 1 is 1.60 bits per heavy atom. The van der Waals surface area contributed by atoms with Crippen molar-refractivity contribution in [3.63, 3.8) is 0 Å². The second kappa shape index (κ2) is 5.79. The molecule has 3 N–H and O–H groups in total. The van der Waals surface area contributed by atoms with Crippen LogP contribution in [-0.4, -0.2) is 28.8 Å². The number of hydrogen-bond acceptors (Lipinski definition) is 3. The van der Waals surface area contributed by atoms with E-state index in [9.17, 15) is 19.4 Å². The van der Waals surface area contributed by atoms with Gasteiger partial charge in [-0.2, -0.15) is 0 Å². The summed E-state index contributed by atoms with van der Waals surface area (Å²) in [4.78, 5) is 11.5. The number of aliphatic hydroxyl groups is 2. The normalized spacial score (nSPS) is 29.4. The summed E-state index contributed by atoms with van der Waals surface area (Å²) in [6, 6.07) is 4.47. The highest BCUT2D eigenvalue weighted by Crippen LogP contribution is 2.45. The summed E-state index contributed by atoms with van der Waals surface area (Å²) in [7, 11) is 0. The number of carbonyl (C=O) groups excluding carboxylic acids is 1. The second-order valence-electron chi connectivity index (χ2n) is 5.25. The lowest BCUT2D eigenvalue weighted by molar-refractivity contribution is -0.121. The fourth-order valence-electron chi connectivity index (χ4n) is 3.09. The number of carbonyl (C=O) groups is 1. The first-order chi connectivity index (χ1) is 9.39. The molecule has 6 heteroatoms. The highest BCUT2D eigenvalue weighted by Gasteiger charge is 2.49. The summed E-state index contributed by atoms with van der Waals surface area (Å²) in [5, 5.41) is 22.2. The summed E-state index contributed by atoms with van der Waals surface area (Å²) in [6.45, 7) is 1.11. The summed E-state index contributed by atoms with van der Waals surface area (Å²) >= 11 is 3.29. The lowest BCUT2D eigenvalue weighted by atomic mass is 9.80. The Bertz CT molecular complexity index is 525. The smallest absolute Gasteiger partial charge is 0.217 e. The predicted molar refractivity (Wildman–Crippen MR) is 75.4 cm³/mol. The molecule has 0 saturated heterocycles. The molecule has 1 fully saturated rings. The zero-order valence-corrected chi connectivity index (χ0v) is 12.7. The van der Waals surface area contributed by atoms with Gasteiger partial charge >= 0.3 is 0 Å². The number of halogens is 2. The van der Waals surface area contributed by atoms with E-state index in [2.05, 4.69) is 21.2 Å². The average molecular weight is 346 g/mol. The van der Waals surface area contributed by atoms with Crippen LogP contribution in [0.5, 0.6) is 0 Å². The maximum Gasteiger partial charge on any atom is 0.217 e. The van der Waals surface area contributed by atoms with Crippen molar-refractivity contribution in [1.29, 1.82) is 0 Å². The van der Waals surface area contributed by atoms with Crippen LogP contribution < -0.4 is 5.32 Å². The van der Waals surface area contributed by atoms with Gasteiger partial charge in [0.05, 0.1) is 11.6 Å². The Hall–Kier alpha value is -0.980. The SMILES string of the molecule is CC(=O)N[C@@]1(c2cc(Br)ccc2F)C[C@@H](O)C[C@H]1CO. The van der Waals surface area contributed by atoms with E-state index in [1.807, 2.05) is 0 Å². The molecule has 1 aromatic rings. The summed E-state index contributed by atoms with van der Waals surface area (Å²) in [5.41, 5.74) is -0.786. The molecule has 2 rings (SSSR count). The average Bonchev–Trinajstić information content (AvgIpc) is 2.68. The van der Waals surface area contributed by atoms with E-state index in [-0.39, 0.29) is 24.5 Å². The van der Waals surface area contributed by atoms with Gasteiger partial charge in [-0.3, -0.25) is 4.79 Å². The van der Waals surface area contributed by atoms with Crippen LogP contribution in [-0.2, 0) is 10.3 Å². The van der Waals surface area contributed by atoms with Gasteiger partial charge in [-0.15, -0.1) is 0 Å². The summed E-state index contributed by atoms with van der Waals surface area (Å²) < 4.78 is 14.9. The number of aliphatic hydroxyl groups excluding tert-OH is 2. The third-order valence-corrected chi connectivity index (χ3v) is 4.33. The van der Waals surface area contributed by atoms with Gasteiger partial charge < -0.3 is 15.5 Å². The maximum absolute atomic E-state index is 14.2. The molecular formula is C14H17BrFNO3. The molecule has 0 aliphatic heterocycles. The highest BCUT2D eigenvalue weighted by molar-refractivity contribution is 9.10. The molecular weight excluding hydrogens is 329 g/mol. The van der Waals surface area contributed by atoms with Crippen molar-refractivity contribution >= 4 is 21.8 Å². The van der Waals surface area contributed by atoms with Gasteiger partial charge in [0.2, 0.25) is 5.91 Å². The molecule has 1 aliphatic carbocycles. The van der Waals surface area contributed by atoms with Crippen LogP contribution in [0, 0.1) is 11.7 Å². The molecule has 20 heavy (non-hydrogen) atoms. The van der Waals surface area contributed by atoms with Crippen molar-refractivity contribution in [1.82, 2.24) is 5.32 Å². The summed E-state index contributed by atoms with van der Waals surface area (Å²) in [5.74, 6) is -1.21. The third kappa shape index (κ3) is 2.73. The van der Waals surface area contributed by atoms with Gasteiger partial charge in [0.1, 0.15) is 5.82 Å². The molecule has 1 aliphatic rings. The lowest BCUT2D eigenvalue weighted by Crippen LogP contribution is -2.49. The fraction of sp³-hybridized carbons (Fsp3) is 0.500. The Morgan fingerprint density at radius 2 is 2.30 bits per heavy atom. The molecule has 1 aromatic carbocycles. The van der Waals surface area contributed by atoms with Crippen LogP contribution in [0.1, 0.15) is 25.3 Å². The van der Waals surface area contributed by atoms with Gasteiger partial charge in [0.25, 0.3) is 0 Å². The quantitative estimate of drug-likeness (QED) is 0.780. The van der Waals surface area contributed by atoms with Gasteiger partial charge in [-0.05, 0) is 24.6 Å². The lowest BCUT2D eigenvalue weighted by Gasteiger charge is -2.36. The number of rotatable bonds is 3. The van der Waals surface area contributed by atoms with Crippen molar-refractivity contribution in [2.75, 3.05) is 6.61 Å². The van der Waals surface area contributed by atoms with Crippen LogP contribution in [0.4, 0.5) is 4.39 Å². The molecule has 0 unspecified atom stereocenters. The minimum Gasteiger partial charge on any atom is -0.396 e. The van der Waals surface area contributed by atoms with Crippen LogP contribution in [0.25, 0.3) is 0 Å². The van der Waals surface area contributed by atoms with Crippen LogP contribution in [0.3, 0.4) is 0 Å². The highest BCUT2D eigenvalue weighted by atomic mass is 79.9. The molecule has 0 radical (unpaired) electrons. The first kappa shape index (κ1) is 15.4. The Morgan fingerprint density at radius 3 is 2.90 bits per heavy atom. The fourth-order valence-corrected chi connectivity index (χ4v) is 3.45. The first-order valence-corrected chi connectivity index (χ1v) is 7.21. The zero-order chi connectivity index (χ0) is 14.9. The molecule has 110 valence electrons. The molecule has 0 heterocycles. The molecule has 0 aromatic heterocycles. The molecule has 0 spiro atoms. The van der Waals surface area contributed by atoms with Crippen molar-refractivity contribution in [3.8, 4) is 0 Å². The number of benzene rings is 1. The van der Waals surface area contributed by atoms with Crippen molar-refractivity contribution < 1.29 is 19.4 Å². The topological polar surface area (TPSA) is 69.6 Å². The molecule has 0 bridgehead atoms. The van der Waals surface area contributed by atoms with E-state index < -0.39 is 23.4 Å². The largest absolute Gasteiger partial charge is 0.396 e. The maximum atomic E-state index is 14.2. The minimum absolute atomic E-state index is 0.186. The van der Waals surface area contributed by atoms with Crippen LogP contribution in [0.2, 0.25) is 0 Å². The standard InChI is InChI=1S/C14H17BrFNO3/c1-8(19)17-14(6-11(20)4-9(14)7-18)12-5-10(15)2-3-13(12)16/h2-3,5,9,11,18,20H,4,6-7H2,1H3,(H,17,19)/t9-,11-,14-/m0/s1. The van der Waals surface area contributed by atoms with Gasteiger partial charge in [-0.25, -0.2) is 4.39 Å². The van der Waals surface area contributed by atoms with Crippen LogP contribution in [0.15, 0.2) is 22.7 Å². The van der Waals surface area contributed by atoms with E-state index in [0.717, 1.165) is 0 Å². The van der Waals surface area contributed by atoms with E-state index >= 15 is 0 Å². The third-order valence-electron chi connectivity index (χ3n) is 3.84. The van der Waals surface area contributed by atoms with Crippen molar-refractivity contribution in [3.05, 3.63) is 34.1 Å². The number of amides is 1. The van der Waals surface area contributed by atoms with E-state index in [0.29, 0.717) is 10.9 Å². The predicted octanol–water partition coefficient (Wildman–Crippen LogP) is 1.68. The van der Waals surface area contributed by atoms with Gasteiger partial charge in [0.15, 0.2) is 0 Å². The Balaban J connectivity index is 2.57. The number of hydrogen-bond donors (Lipinski definition) is 3. The van der Waals surface area contributed by atoms with Gasteiger partial charge in [0, 0.05) is 35.9 Å². The number of nitrogens with one attached hydrogen (secondary N) is 1. The second-order valence-corrected chi connectivity index (χ2v) is 6.17. The van der Waals surface area contributed by atoms with Gasteiger partial charge in [-0.1, -0.05) is 15.9 Å². The van der Waals surface area contributed by atoms with E-state index in [4.69, 9.17) is 0 Å². The molecule has 1 saturated carbocycles. The van der Waals surface area contributed by atoms with E-state index in [1.165, 1.54) is 13.0 Å². The monoisotopic (exact) mass is 345 g/mol. The zero-order valence-electron chi connectivity index (χ0n) is 11.1. The summed E-state index contributed by atoms with van der Waals surface area (Å²) in [6.07, 6.45) is -0.175. The van der Waals surface area contributed by atoms with E-state index in [1.54, 1.807) is 12.1 Å². The Labute approximate surface area is 125 Å². The molecule has 4 nitrogen and oxygen atoms in total. The van der Waals surface area contributed by atoms with Crippen molar-refractivity contribution in [2.24, 2.45) is 5.92 Å². The van der Waals surface area contributed by atoms with Crippen LogP contribution >= 0.6 is 15.9 Å². The van der Waals surface area contributed by atoms with Crippen molar-refractivity contribution in [2.45, 2.75) is 31.4 Å². The Kier molecular flexibility index (Phi) is 4.46.